The SMILES string of the molecule is O=Cc1ccc(CCBr)o1. The molecular weight excluding hydrogens is 196 g/mol. The Morgan fingerprint density at radius 2 is 2.40 bits per heavy atom. The molecule has 0 aliphatic rings. The van der Waals surface area contributed by atoms with E-state index in [2.05, 4.69) is 15.9 Å². The molecule has 0 N–H and O–H groups in total. The third kappa shape index (κ3) is 1.70. The summed E-state index contributed by atoms with van der Waals surface area (Å²) >= 11 is 3.27. The van der Waals surface area contributed by atoms with Gasteiger partial charge in [-0.15, -0.1) is 0 Å². The van der Waals surface area contributed by atoms with Crippen LogP contribution in [-0.4, -0.2) is 11.6 Å². The topological polar surface area (TPSA) is 30.2 Å². The number of halogens is 1. The van der Waals surface area contributed by atoms with Crippen LogP contribution in [0.5, 0.6) is 0 Å². The van der Waals surface area contributed by atoms with E-state index < -0.39 is 0 Å². The summed E-state index contributed by atoms with van der Waals surface area (Å²) in [7, 11) is 0. The van der Waals surface area contributed by atoms with E-state index in [0.29, 0.717) is 12.0 Å². The van der Waals surface area contributed by atoms with Gasteiger partial charge < -0.3 is 4.42 Å². The number of aldehydes is 1. The minimum absolute atomic E-state index is 0.399. The molecule has 0 unspecified atom stereocenters. The van der Waals surface area contributed by atoms with Crippen LogP contribution in [0.4, 0.5) is 0 Å². The fourth-order valence-electron chi connectivity index (χ4n) is 0.685. The third-order valence-corrected chi connectivity index (χ3v) is 1.54. The molecule has 0 bridgehead atoms. The number of rotatable bonds is 3. The van der Waals surface area contributed by atoms with Crippen molar-refractivity contribution in [3.05, 3.63) is 23.7 Å². The number of carbonyl (C=O) groups excluding carboxylic acids is 1. The van der Waals surface area contributed by atoms with E-state index in [9.17, 15) is 4.79 Å². The first kappa shape index (κ1) is 7.54. The number of carbonyl (C=O) groups is 1. The summed E-state index contributed by atoms with van der Waals surface area (Å²) in [4.78, 5) is 10.1. The molecule has 0 aromatic carbocycles. The molecule has 1 aromatic rings. The van der Waals surface area contributed by atoms with E-state index in [-0.39, 0.29) is 0 Å². The molecule has 10 heavy (non-hydrogen) atoms. The zero-order chi connectivity index (χ0) is 7.40. The molecule has 3 heteroatoms. The molecule has 0 amide bonds. The summed E-state index contributed by atoms with van der Waals surface area (Å²) in [5.41, 5.74) is 0. The van der Waals surface area contributed by atoms with E-state index in [1.54, 1.807) is 6.07 Å². The average Bonchev–Trinajstić information content (AvgIpc) is 2.37. The van der Waals surface area contributed by atoms with Crippen LogP contribution in [0.2, 0.25) is 0 Å². The van der Waals surface area contributed by atoms with Crippen LogP contribution in [0.15, 0.2) is 16.5 Å². The van der Waals surface area contributed by atoms with Crippen molar-refractivity contribution < 1.29 is 9.21 Å². The Morgan fingerprint density at radius 3 is 2.90 bits per heavy atom. The lowest BCUT2D eigenvalue weighted by atomic mass is 10.4. The number of hydrogen-bond acceptors (Lipinski definition) is 2. The van der Waals surface area contributed by atoms with Crippen molar-refractivity contribution in [2.45, 2.75) is 6.42 Å². The van der Waals surface area contributed by atoms with E-state index in [1.807, 2.05) is 6.07 Å². The van der Waals surface area contributed by atoms with Gasteiger partial charge in [-0.2, -0.15) is 0 Å². The highest BCUT2D eigenvalue weighted by Crippen LogP contribution is 2.06. The Labute approximate surface area is 67.3 Å². The van der Waals surface area contributed by atoms with Gasteiger partial charge in [-0.05, 0) is 12.1 Å². The maximum absolute atomic E-state index is 10.1. The lowest BCUT2D eigenvalue weighted by Crippen LogP contribution is -1.79. The highest BCUT2D eigenvalue weighted by molar-refractivity contribution is 9.09. The Hall–Kier alpha value is -0.570. The van der Waals surface area contributed by atoms with Crippen LogP contribution >= 0.6 is 15.9 Å². The maximum atomic E-state index is 10.1. The normalized spacial score (nSPS) is 9.70. The van der Waals surface area contributed by atoms with Crippen LogP contribution in [0.25, 0.3) is 0 Å². The number of furan rings is 1. The Kier molecular flexibility index (Phi) is 2.68. The fraction of sp³-hybridized carbons (Fsp3) is 0.286. The fourth-order valence-corrected chi connectivity index (χ4v) is 1.08. The molecule has 1 aromatic heterocycles. The van der Waals surface area contributed by atoms with Gasteiger partial charge in [-0.25, -0.2) is 0 Å². The van der Waals surface area contributed by atoms with Gasteiger partial charge in [0.05, 0.1) is 0 Å². The van der Waals surface area contributed by atoms with Crippen LogP contribution in [0.3, 0.4) is 0 Å². The first-order chi connectivity index (χ1) is 4.86. The minimum atomic E-state index is 0.399. The molecule has 0 aliphatic carbocycles. The molecule has 0 saturated carbocycles. The van der Waals surface area contributed by atoms with Gasteiger partial charge in [-0.3, -0.25) is 4.79 Å². The quantitative estimate of drug-likeness (QED) is 0.555. The van der Waals surface area contributed by atoms with Gasteiger partial charge in [0, 0.05) is 11.8 Å². The molecule has 54 valence electrons. The molecule has 1 rings (SSSR count). The summed E-state index contributed by atoms with van der Waals surface area (Å²) in [5, 5.41) is 0.860. The van der Waals surface area contributed by atoms with Crippen molar-refractivity contribution in [1.29, 1.82) is 0 Å². The van der Waals surface area contributed by atoms with Gasteiger partial charge in [0.1, 0.15) is 5.76 Å². The van der Waals surface area contributed by atoms with Crippen molar-refractivity contribution in [3.63, 3.8) is 0 Å². The molecular formula is C7H7BrO2. The lowest BCUT2D eigenvalue weighted by molar-refractivity contribution is 0.109. The first-order valence-electron chi connectivity index (χ1n) is 2.96. The lowest BCUT2D eigenvalue weighted by Gasteiger charge is -1.86. The van der Waals surface area contributed by atoms with E-state index >= 15 is 0 Å². The number of hydrogen-bond donors (Lipinski definition) is 0. The zero-order valence-corrected chi connectivity index (χ0v) is 6.93. The Balaban J connectivity index is 2.68. The summed E-state index contributed by atoms with van der Waals surface area (Å²) in [6.45, 7) is 0. The zero-order valence-electron chi connectivity index (χ0n) is 5.34. The average molecular weight is 203 g/mol. The predicted molar refractivity (Wildman–Crippen MR) is 41.6 cm³/mol. The minimum Gasteiger partial charge on any atom is -0.458 e. The second-order valence-corrected chi connectivity index (χ2v) is 2.65. The van der Waals surface area contributed by atoms with Crippen molar-refractivity contribution >= 4 is 22.2 Å². The van der Waals surface area contributed by atoms with Gasteiger partial charge in [0.25, 0.3) is 0 Å². The van der Waals surface area contributed by atoms with Crippen molar-refractivity contribution in [3.8, 4) is 0 Å². The molecule has 0 saturated heterocycles. The molecule has 0 fully saturated rings. The smallest absolute Gasteiger partial charge is 0.185 e. The predicted octanol–water partition coefficient (Wildman–Crippen LogP) is 2.03. The number of aryl methyl sites for hydroxylation is 1. The highest BCUT2D eigenvalue weighted by atomic mass is 79.9. The third-order valence-electron chi connectivity index (χ3n) is 1.14. The van der Waals surface area contributed by atoms with Crippen molar-refractivity contribution in [2.75, 3.05) is 5.33 Å². The summed E-state index contributed by atoms with van der Waals surface area (Å²) in [5.74, 6) is 1.25. The van der Waals surface area contributed by atoms with Crippen LogP contribution in [0, 0.1) is 0 Å². The van der Waals surface area contributed by atoms with E-state index in [4.69, 9.17) is 4.42 Å². The molecule has 0 aliphatic heterocycles. The van der Waals surface area contributed by atoms with E-state index in [1.165, 1.54) is 0 Å². The molecule has 0 spiro atoms. The molecule has 0 radical (unpaired) electrons. The van der Waals surface area contributed by atoms with Crippen molar-refractivity contribution in [1.82, 2.24) is 0 Å². The standard InChI is InChI=1S/C7H7BrO2/c8-4-3-6-1-2-7(5-9)10-6/h1-2,5H,3-4H2. The second kappa shape index (κ2) is 3.56. The molecule has 1 heterocycles. The van der Waals surface area contributed by atoms with Crippen LogP contribution < -0.4 is 0 Å². The second-order valence-electron chi connectivity index (χ2n) is 1.86. The Bertz CT molecular complexity index is 217. The van der Waals surface area contributed by atoms with Gasteiger partial charge >= 0.3 is 0 Å². The summed E-state index contributed by atoms with van der Waals surface area (Å²) < 4.78 is 5.08. The van der Waals surface area contributed by atoms with Crippen LogP contribution in [0.1, 0.15) is 16.3 Å². The van der Waals surface area contributed by atoms with Gasteiger partial charge in [-0.1, -0.05) is 15.9 Å². The maximum Gasteiger partial charge on any atom is 0.185 e. The highest BCUT2D eigenvalue weighted by Gasteiger charge is 1.97. The monoisotopic (exact) mass is 202 g/mol. The number of alkyl halides is 1. The summed E-state index contributed by atoms with van der Waals surface area (Å²) in [6, 6.07) is 3.48. The molecule has 0 atom stereocenters. The van der Waals surface area contributed by atoms with Gasteiger partial charge in [0.2, 0.25) is 0 Å². The molecule has 2 nitrogen and oxygen atoms in total. The van der Waals surface area contributed by atoms with E-state index in [0.717, 1.165) is 17.5 Å². The Morgan fingerprint density at radius 1 is 1.60 bits per heavy atom. The van der Waals surface area contributed by atoms with Crippen molar-refractivity contribution in [2.24, 2.45) is 0 Å². The largest absolute Gasteiger partial charge is 0.458 e. The summed E-state index contributed by atoms with van der Waals surface area (Å²) in [6.07, 6.45) is 1.53. The van der Waals surface area contributed by atoms with Crippen LogP contribution in [-0.2, 0) is 6.42 Å². The van der Waals surface area contributed by atoms with Gasteiger partial charge in [0.15, 0.2) is 12.0 Å². The first-order valence-corrected chi connectivity index (χ1v) is 4.09.